The van der Waals surface area contributed by atoms with Crippen molar-refractivity contribution in [2.45, 2.75) is 0 Å². The molecular weight excluding hydrogens is 330 g/mol. The maximum atomic E-state index is 12.2. The Labute approximate surface area is 132 Å². The van der Waals surface area contributed by atoms with Crippen LogP contribution in [0.25, 0.3) is 9.40 Å². The van der Waals surface area contributed by atoms with E-state index in [1.165, 1.54) is 23.5 Å². The van der Waals surface area contributed by atoms with Crippen molar-refractivity contribution in [2.24, 2.45) is 0 Å². The molecule has 1 amide bonds. The smallest absolute Gasteiger partial charge is 0.339 e. The summed E-state index contributed by atoms with van der Waals surface area (Å²) in [6.07, 6.45) is 0. The molecule has 0 bridgehead atoms. The molecule has 0 atom stereocenters. The first-order valence-corrected chi connectivity index (χ1v) is 7.94. The van der Waals surface area contributed by atoms with E-state index >= 15 is 0 Å². The van der Waals surface area contributed by atoms with E-state index in [9.17, 15) is 14.7 Å². The zero-order valence-corrected chi connectivity index (χ0v) is 12.8. The molecule has 0 aliphatic heterocycles. The van der Waals surface area contributed by atoms with Crippen LogP contribution in [-0.4, -0.2) is 17.0 Å². The topological polar surface area (TPSA) is 66.4 Å². The van der Waals surface area contributed by atoms with Gasteiger partial charge in [0, 0.05) is 9.40 Å². The molecule has 21 heavy (non-hydrogen) atoms. The predicted molar refractivity (Wildman–Crippen MR) is 86.1 cm³/mol. The number of amides is 1. The number of hydrogen-bond acceptors (Lipinski definition) is 4. The quantitative estimate of drug-likeness (QED) is 0.735. The van der Waals surface area contributed by atoms with E-state index < -0.39 is 5.97 Å². The minimum Gasteiger partial charge on any atom is -0.478 e. The largest absolute Gasteiger partial charge is 0.478 e. The fourth-order valence-electron chi connectivity index (χ4n) is 1.91. The Kier molecular flexibility index (Phi) is 3.67. The van der Waals surface area contributed by atoms with Crippen LogP contribution in [0.2, 0.25) is 5.02 Å². The van der Waals surface area contributed by atoms with E-state index in [1.54, 1.807) is 23.5 Å². The molecule has 7 heteroatoms. The normalized spacial score (nSPS) is 10.7. The van der Waals surface area contributed by atoms with Gasteiger partial charge in [0.1, 0.15) is 5.56 Å². The number of anilines is 1. The summed E-state index contributed by atoms with van der Waals surface area (Å²) in [5, 5.41) is 13.8. The summed E-state index contributed by atoms with van der Waals surface area (Å²) in [4.78, 5) is 24.0. The van der Waals surface area contributed by atoms with E-state index in [0.717, 1.165) is 9.40 Å². The van der Waals surface area contributed by atoms with Crippen molar-refractivity contribution in [1.82, 2.24) is 0 Å². The summed E-state index contributed by atoms with van der Waals surface area (Å²) in [5.41, 5.74) is 0.0858. The molecule has 0 aliphatic rings. The summed E-state index contributed by atoms with van der Waals surface area (Å²) in [5.74, 6) is -1.52. The second kappa shape index (κ2) is 5.48. The number of benzene rings is 1. The highest BCUT2D eigenvalue weighted by atomic mass is 35.5. The molecule has 0 saturated heterocycles. The minimum absolute atomic E-state index is 0.0902. The number of fused-ring (bicyclic) bond motifs is 1. The van der Waals surface area contributed by atoms with Crippen molar-refractivity contribution < 1.29 is 14.7 Å². The first-order chi connectivity index (χ1) is 10.1. The Morgan fingerprint density at radius 2 is 2.00 bits per heavy atom. The molecule has 106 valence electrons. The second-order valence-electron chi connectivity index (χ2n) is 4.18. The van der Waals surface area contributed by atoms with Gasteiger partial charge in [-0.05, 0) is 29.6 Å². The lowest BCUT2D eigenvalue weighted by molar-refractivity contribution is 0.0698. The summed E-state index contributed by atoms with van der Waals surface area (Å²) >= 11 is 8.80. The van der Waals surface area contributed by atoms with Crippen LogP contribution < -0.4 is 5.32 Å². The Balaban J connectivity index is 1.93. The molecule has 3 rings (SSSR count). The third-order valence-electron chi connectivity index (χ3n) is 2.84. The fraction of sp³-hybridized carbons (Fsp3) is 0. The number of carbonyl (C=O) groups excluding carboxylic acids is 1. The van der Waals surface area contributed by atoms with Gasteiger partial charge < -0.3 is 10.4 Å². The van der Waals surface area contributed by atoms with Crippen molar-refractivity contribution in [1.29, 1.82) is 0 Å². The third-order valence-corrected chi connectivity index (χ3v) is 5.25. The molecule has 2 heterocycles. The molecule has 2 aromatic heterocycles. The van der Waals surface area contributed by atoms with Crippen molar-refractivity contribution in [2.75, 3.05) is 5.32 Å². The monoisotopic (exact) mass is 337 g/mol. The number of halogens is 1. The molecular formula is C14H8ClNO3S2. The average Bonchev–Trinajstić information content (AvgIpc) is 2.98. The van der Waals surface area contributed by atoms with Gasteiger partial charge in [-0.15, -0.1) is 22.7 Å². The van der Waals surface area contributed by atoms with Crippen molar-refractivity contribution >= 4 is 61.2 Å². The highest BCUT2D eigenvalue weighted by molar-refractivity contribution is 7.27. The number of thiophene rings is 2. The van der Waals surface area contributed by atoms with Crippen LogP contribution in [0.15, 0.2) is 35.7 Å². The Bertz CT molecular complexity index is 824. The first kappa shape index (κ1) is 14.1. The van der Waals surface area contributed by atoms with Crippen molar-refractivity contribution in [3.8, 4) is 0 Å². The van der Waals surface area contributed by atoms with E-state index in [4.69, 9.17) is 11.6 Å². The number of carbonyl (C=O) groups is 2. The highest BCUT2D eigenvalue weighted by Crippen LogP contribution is 2.31. The van der Waals surface area contributed by atoms with Gasteiger partial charge in [-0.25, -0.2) is 4.79 Å². The number of hydrogen-bond donors (Lipinski definition) is 2. The van der Waals surface area contributed by atoms with Gasteiger partial charge in [-0.3, -0.25) is 4.79 Å². The van der Waals surface area contributed by atoms with Crippen molar-refractivity contribution in [3.63, 3.8) is 0 Å². The Morgan fingerprint density at radius 3 is 2.71 bits per heavy atom. The predicted octanol–water partition coefficient (Wildman–Crippen LogP) is 4.57. The molecule has 0 aliphatic carbocycles. The van der Waals surface area contributed by atoms with Gasteiger partial charge in [-0.1, -0.05) is 17.7 Å². The summed E-state index contributed by atoms with van der Waals surface area (Å²) in [6.45, 7) is 0. The van der Waals surface area contributed by atoms with Crippen molar-refractivity contribution in [3.05, 3.63) is 51.2 Å². The molecule has 0 radical (unpaired) electrons. The molecule has 0 saturated carbocycles. The number of carboxylic acid groups (broad SMARTS) is 1. The third kappa shape index (κ3) is 2.65. The molecule has 1 aromatic carbocycles. The van der Waals surface area contributed by atoms with Gasteiger partial charge in [0.2, 0.25) is 0 Å². The lowest BCUT2D eigenvalue weighted by Crippen LogP contribution is -2.13. The SMILES string of the molecule is O=C(Nc1cccc(Cl)c1C(=O)O)c1cc2sccc2s1. The molecule has 2 N–H and O–H groups in total. The minimum atomic E-state index is -1.18. The van der Waals surface area contributed by atoms with E-state index in [-0.39, 0.29) is 22.2 Å². The van der Waals surface area contributed by atoms with Crippen LogP contribution in [0.5, 0.6) is 0 Å². The summed E-state index contributed by atoms with van der Waals surface area (Å²) < 4.78 is 2.07. The maximum Gasteiger partial charge on any atom is 0.339 e. The van der Waals surface area contributed by atoms with Crippen LogP contribution in [0, 0.1) is 0 Å². The van der Waals surface area contributed by atoms with E-state index in [2.05, 4.69) is 5.32 Å². The van der Waals surface area contributed by atoms with Crippen LogP contribution in [-0.2, 0) is 0 Å². The van der Waals surface area contributed by atoms with Gasteiger partial charge in [0.15, 0.2) is 0 Å². The first-order valence-electron chi connectivity index (χ1n) is 5.86. The van der Waals surface area contributed by atoms with Gasteiger partial charge in [0.25, 0.3) is 5.91 Å². The highest BCUT2D eigenvalue weighted by Gasteiger charge is 2.18. The average molecular weight is 338 g/mol. The fourth-order valence-corrected chi connectivity index (χ4v) is 4.17. The van der Waals surface area contributed by atoms with Crippen LogP contribution in [0.4, 0.5) is 5.69 Å². The maximum absolute atomic E-state index is 12.2. The standard InChI is InChI=1S/C14H8ClNO3S2/c15-7-2-1-3-8(12(7)14(18)19)16-13(17)11-6-10-9(21-11)4-5-20-10/h1-6H,(H,16,17)(H,18,19). The number of nitrogens with one attached hydrogen (secondary N) is 1. The lowest BCUT2D eigenvalue weighted by Gasteiger charge is -2.08. The van der Waals surface area contributed by atoms with E-state index in [0.29, 0.717) is 4.88 Å². The molecule has 3 aromatic rings. The van der Waals surface area contributed by atoms with Crippen LogP contribution >= 0.6 is 34.3 Å². The van der Waals surface area contributed by atoms with Crippen LogP contribution in [0.1, 0.15) is 20.0 Å². The molecule has 0 fully saturated rings. The number of carboxylic acids is 1. The lowest BCUT2D eigenvalue weighted by atomic mass is 10.1. The zero-order valence-electron chi connectivity index (χ0n) is 10.4. The Hall–Kier alpha value is -1.89. The van der Waals surface area contributed by atoms with Crippen LogP contribution in [0.3, 0.4) is 0 Å². The summed E-state index contributed by atoms with van der Waals surface area (Å²) in [6, 6.07) is 8.33. The second-order valence-corrected chi connectivity index (χ2v) is 6.62. The van der Waals surface area contributed by atoms with Gasteiger partial charge >= 0.3 is 5.97 Å². The summed E-state index contributed by atoms with van der Waals surface area (Å²) in [7, 11) is 0. The van der Waals surface area contributed by atoms with Gasteiger partial charge in [-0.2, -0.15) is 0 Å². The van der Waals surface area contributed by atoms with E-state index in [1.807, 2.05) is 11.4 Å². The Morgan fingerprint density at radius 1 is 1.19 bits per heavy atom. The molecule has 0 spiro atoms. The molecule has 4 nitrogen and oxygen atoms in total. The number of aromatic carboxylic acids is 1. The van der Waals surface area contributed by atoms with Gasteiger partial charge in [0.05, 0.1) is 15.6 Å². The molecule has 0 unspecified atom stereocenters. The zero-order chi connectivity index (χ0) is 15.0. The number of rotatable bonds is 3.